The average Bonchev–Trinajstić information content (AvgIpc) is 2.47. The molecular weight excluding hydrogens is 222 g/mol. The maximum atomic E-state index is 6.33. The summed E-state index contributed by atoms with van der Waals surface area (Å²) in [6.07, 6.45) is 5.32. The molecule has 1 aromatic carbocycles. The van der Waals surface area contributed by atoms with Crippen LogP contribution in [-0.2, 0) is 0 Å². The highest BCUT2D eigenvalue weighted by atomic mass is 14.7. The van der Waals surface area contributed by atoms with Crippen molar-refractivity contribution >= 4 is 10.9 Å². The number of rotatable bonds is 2. The Hall–Kier alpha value is -2.26. The molecule has 0 aliphatic rings. The predicted octanol–water partition coefficient (Wildman–Crippen LogP) is 2.68. The third-order valence-electron chi connectivity index (χ3n) is 3.08. The van der Waals surface area contributed by atoms with E-state index in [4.69, 9.17) is 5.73 Å². The van der Waals surface area contributed by atoms with Crippen molar-refractivity contribution in [3.63, 3.8) is 0 Å². The SMILES string of the molecule is NC(c1ccncc1)c1cccc2ncccc12. The summed E-state index contributed by atoms with van der Waals surface area (Å²) < 4.78 is 0. The van der Waals surface area contributed by atoms with Gasteiger partial charge in [-0.1, -0.05) is 18.2 Å². The molecule has 0 bridgehead atoms. The molecule has 0 aliphatic heterocycles. The van der Waals surface area contributed by atoms with Crippen LogP contribution in [0.3, 0.4) is 0 Å². The summed E-state index contributed by atoms with van der Waals surface area (Å²) in [6, 6.07) is 13.8. The second-order valence-electron chi connectivity index (χ2n) is 4.18. The molecule has 0 radical (unpaired) electrons. The van der Waals surface area contributed by atoms with Gasteiger partial charge in [-0.2, -0.15) is 0 Å². The molecule has 3 heteroatoms. The molecule has 0 spiro atoms. The van der Waals surface area contributed by atoms with Crippen LogP contribution in [0.15, 0.2) is 61.1 Å². The second-order valence-corrected chi connectivity index (χ2v) is 4.18. The molecule has 88 valence electrons. The third kappa shape index (κ3) is 1.85. The van der Waals surface area contributed by atoms with E-state index in [1.54, 1.807) is 18.6 Å². The number of hydrogen-bond acceptors (Lipinski definition) is 3. The van der Waals surface area contributed by atoms with Gasteiger partial charge in [0.05, 0.1) is 11.6 Å². The van der Waals surface area contributed by atoms with Gasteiger partial charge in [-0.3, -0.25) is 9.97 Å². The number of hydrogen-bond donors (Lipinski definition) is 1. The van der Waals surface area contributed by atoms with Gasteiger partial charge in [0.25, 0.3) is 0 Å². The van der Waals surface area contributed by atoms with Crippen molar-refractivity contribution in [2.75, 3.05) is 0 Å². The van der Waals surface area contributed by atoms with E-state index in [0.717, 1.165) is 22.0 Å². The zero-order valence-corrected chi connectivity index (χ0v) is 9.82. The number of benzene rings is 1. The Morgan fingerprint density at radius 3 is 2.56 bits per heavy atom. The zero-order chi connectivity index (χ0) is 12.4. The first-order valence-electron chi connectivity index (χ1n) is 5.85. The summed E-state index contributed by atoms with van der Waals surface area (Å²) in [6.45, 7) is 0. The first-order valence-corrected chi connectivity index (χ1v) is 5.85. The minimum atomic E-state index is -0.152. The van der Waals surface area contributed by atoms with Gasteiger partial charge >= 0.3 is 0 Å². The van der Waals surface area contributed by atoms with E-state index in [1.165, 1.54) is 0 Å². The van der Waals surface area contributed by atoms with E-state index < -0.39 is 0 Å². The molecule has 0 saturated heterocycles. The average molecular weight is 235 g/mol. The van der Waals surface area contributed by atoms with Crippen molar-refractivity contribution < 1.29 is 0 Å². The normalized spacial score (nSPS) is 12.5. The third-order valence-corrected chi connectivity index (χ3v) is 3.08. The molecule has 0 saturated carbocycles. The van der Waals surface area contributed by atoms with Crippen LogP contribution in [0.1, 0.15) is 17.2 Å². The zero-order valence-electron chi connectivity index (χ0n) is 9.82. The van der Waals surface area contributed by atoms with Gasteiger partial charge in [-0.25, -0.2) is 0 Å². The van der Waals surface area contributed by atoms with Crippen molar-refractivity contribution in [2.45, 2.75) is 6.04 Å². The lowest BCUT2D eigenvalue weighted by Gasteiger charge is -2.14. The van der Waals surface area contributed by atoms with Crippen molar-refractivity contribution in [1.82, 2.24) is 9.97 Å². The van der Waals surface area contributed by atoms with Crippen LogP contribution < -0.4 is 5.73 Å². The Morgan fingerprint density at radius 2 is 1.72 bits per heavy atom. The topological polar surface area (TPSA) is 51.8 Å². The lowest BCUT2D eigenvalue weighted by Crippen LogP contribution is -2.12. The Kier molecular flexibility index (Phi) is 2.74. The first kappa shape index (κ1) is 10.9. The summed E-state index contributed by atoms with van der Waals surface area (Å²) >= 11 is 0. The monoisotopic (exact) mass is 235 g/mol. The molecule has 0 amide bonds. The number of nitrogens with two attached hydrogens (primary N) is 1. The first-order chi connectivity index (χ1) is 8.86. The van der Waals surface area contributed by atoms with Gasteiger partial charge in [-0.05, 0) is 35.4 Å². The van der Waals surface area contributed by atoms with Gasteiger partial charge < -0.3 is 5.73 Å². The number of pyridine rings is 2. The summed E-state index contributed by atoms with van der Waals surface area (Å²) in [5.41, 5.74) is 9.45. The maximum absolute atomic E-state index is 6.33. The maximum Gasteiger partial charge on any atom is 0.0705 e. The summed E-state index contributed by atoms with van der Waals surface area (Å²) in [7, 11) is 0. The van der Waals surface area contributed by atoms with Crippen LogP contribution in [-0.4, -0.2) is 9.97 Å². The van der Waals surface area contributed by atoms with E-state index in [1.807, 2.05) is 30.3 Å². The Morgan fingerprint density at radius 1 is 0.889 bits per heavy atom. The Labute approximate surface area is 105 Å². The minimum absolute atomic E-state index is 0.152. The summed E-state index contributed by atoms with van der Waals surface area (Å²) in [4.78, 5) is 8.37. The van der Waals surface area contributed by atoms with E-state index in [9.17, 15) is 0 Å². The van der Waals surface area contributed by atoms with E-state index in [2.05, 4.69) is 22.1 Å². The number of aromatic nitrogens is 2. The Bertz CT molecular complexity index is 659. The highest BCUT2D eigenvalue weighted by Gasteiger charge is 2.11. The van der Waals surface area contributed by atoms with Gasteiger partial charge in [0, 0.05) is 24.0 Å². The van der Waals surface area contributed by atoms with Gasteiger partial charge in [-0.15, -0.1) is 0 Å². The van der Waals surface area contributed by atoms with Crippen molar-refractivity contribution in [1.29, 1.82) is 0 Å². The highest BCUT2D eigenvalue weighted by Crippen LogP contribution is 2.25. The van der Waals surface area contributed by atoms with Crippen LogP contribution in [0, 0.1) is 0 Å². The molecule has 1 atom stereocenters. The fourth-order valence-electron chi connectivity index (χ4n) is 2.15. The second kappa shape index (κ2) is 4.55. The van der Waals surface area contributed by atoms with Crippen molar-refractivity contribution in [3.05, 3.63) is 72.2 Å². The molecule has 18 heavy (non-hydrogen) atoms. The number of nitrogens with zero attached hydrogens (tertiary/aromatic N) is 2. The molecule has 3 aromatic rings. The van der Waals surface area contributed by atoms with Crippen LogP contribution in [0.25, 0.3) is 10.9 Å². The van der Waals surface area contributed by atoms with Gasteiger partial charge in [0.2, 0.25) is 0 Å². The Balaban J connectivity index is 2.15. The number of fused-ring (bicyclic) bond motifs is 1. The molecule has 0 aliphatic carbocycles. The van der Waals surface area contributed by atoms with E-state index >= 15 is 0 Å². The molecule has 2 aromatic heterocycles. The smallest absolute Gasteiger partial charge is 0.0705 e. The molecule has 3 nitrogen and oxygen atoms in total. The standard InChI is InChI=1S/C15H13N3/c16-15(11-6-9-17-10-7-11)13-3-1-5-14-12(13)4-2-8-18-14/h1-10,15H,16H2. The fraction of sp³-hybridized carbons (Fsp3) is 0.0667. The van der Waals surface area contributed by atoms with Gasteiger partial charge in [0.15, 0.2) is 0 Å². The molecule has 1 unspecified atom stereocenters. The van der Waals surface area contributed by atoms with Crippen molar-refractivity contribution in [2.24, 2.45) is 5.73 Å². The largest absolute Gasteiger partial charge is 0.320 e. The quantitative estimate of drug-likeness (QED) is 0.743. The van der Waals surface area contributed by atoms with E-state index in [-0.39, 0.29) is 6.04 Å². The lowest BCUT2D eigenvalue weighted by atomic mass is 9.97. The van der Waals surface area contributed by atoms with Gasteiger partial charge in [0.1, 0.15) is 0 Å². The summed E-state index contributed by atoms with van der Waals surface area (Å²) in [5.74, 6) is 0. The molecule has 0 fully saturated rings. The minimum Gasteiger partial charge on any atom is -0.320 e. The van der Waals surface area contributed by atoms with Crippen LogP contribution >= 0.6 is 0 Å². The van der Waals surface area contributed by atoms with Crippen LogP contribution in [0.4, 0.5) is 0 Å². The molecule has 2 heterocycles. The van der Waals surface area contributed by atoms with E-state index in [0.29, 0.717) is 0 Å². The fourth-order valence-corrected chi connectivity index (χ4v) is 2.15. The predicted molar refractivity (Wildman–Crippen MR) is 72.0 cm³/mol. The van der Waals surface area contributed by atoms with Crippen LogP contribution in [0.5, 0.6) is 0 Å². The molecular formula is C15H13N3. The lowest BCUT2D eigenvalue weighted by molar-refractivity contribution is 0.876. The summed E-state index contributed by atoms with van der Waals surface area (Å²) in [5, 5.41) is 1.10. The molecule has 3 rings (SSSR count). The van der Waals surface area contributed by atoms with Crippen molar-refractivity contribution in [3.8, 4) is 0 Å². The molecule has 2 N–H and O–H groups in total. The van der Waals surface area contributed by atoms with Crippen LogP contribution in [0.2, 0.25) is 0 Å². The highest BCUT2D eigenvalue weighted by molar-refractivity contribution is 5.82.